The first kappa shape index (κ1) is 15.7. The molecule has 4 fully saturated rings. The maximum Gasteiger partial charge on any atom is 0.253 e. The summed E-state index contributed by atoms with van der Waals surface area (Å²) in [5.41, 5.74) is 1.44. The highest BCUT2D eigenvalue weighted by molar-refractivity contribution is 5.95. The number of carbonyl (C=O) groups excluding carboxylic acids is 2. The second kappa shape index (κ2) is 5.91. The Bertz CT molecular complexity index is 624. The van der Waals surface area contributed by atoms with Gasteiger partial charge in [-0.25, -0.2) is 0 Å². The molecule has 2 amide bonds. The summed E-state index contributed by atoms with van der Waals surface area (Å²) in [6, 6.07) is 7.67. The van der Waals surface area contributed by atoms with Crippen molar-refractivity contribution in [3.8, 4) is 0 Å². The highest BCUT2D eigenvalue weighted by Crippen LogP contribution is 2.55. The lowest BCUT2D eigenvalue weighted by Gasteiger charge is -2.56. The maximum atomic E-state index is 12.9. The van der Waals surface area contributed by atoms with Crippen molar-refractivity contribution < 1.29 is 9.59 Å². The van der Waals surface area contributed by atoms with E-state index in [1.54, 1.807) is 12.1 Å². The third-order valence-electron chi connectivity index (χ3n) is 6.40. The molecular weight excluding hydrogens is 300 g/mol. The van der Waals surface area contributed by atoms with Gasteiger partial charge in [0, 0.05) is 31.3 Å². The molecule has 4 nitrogen and oxygen atoms in total. The molecule has 0 spiro atoms. The Morgan fingerprint density at radius 2 is 1.50 bits per heavy atom. The van der Waals surface area contributed by atoms with Crippen LogP contribution in [-0.4, -0.2) is 29.8 Å². The number of rotatable bonds is 3. The zero-order valence-electron chi connectivity index (χ0n) is 14.5. The van der Waals surface area contributed by atoms with Crippen molar-refractivity contribution in [3.63, 3.8) is 0 Å². The van der Waals surface area contributed by atoms with Gasteiger partial charge in [0.1, 0.15) is 0 Å². The van der Waals surface area contributed by atoms with E-state index in [4.69, 9.17) is 0 Å². The zero-order valence-corrected chi connectivity index (χ0v) is 14.5. The number of nitrogens with one attached hydrogen (secondary N) is 1. The van der Waals surface area contributed by atoms with Crippen LogP contribution >= 0.6 is 0 Å². The van der Waals surface area contributed by atoms with Crippen molar-refractivity contribution in [1.82, 2.24) is 4.90 Å². The molecule has 1 N–H and O–H groups in total. The molecule has 0 saturated heterocycles. The summed E-state index contributed by atoms with van der Waals surface area (Å²) in [5, 5.41) is 2.74. The number of benzene rings is 1. The molecule has 1 aromatic rings. The topological polar surface area (TPSA) is 49.4 Å². The molecule has 4 aliphatic carbocycles. The lowest BCUT2D eigenvalue weighted by Crippen LogP contribution is -2.56. The van der Waals surface area contributed by atoms with E-state index in [1.165, 1.54) is 39.0 Å². The summed E-state index contributed by atoms with van der Waals surface area (Å²) >= 11 is 0. The van der Waals surface area contributed by atoms with Crippen LogP contribution < -0.4 is 5.32 Å². The van der Waals surface area contributed by atoms with Crippen LogP contribution in [0.1, 0.15) is 49.4 Å². The molecule has 4 heteroatoms. The number of nitrogens with zero attached hydrogens (tertiary/aromatic N) is 1. The Kier molecular flexibility index (Phi) is 3.86. The molecule has 24 heavy (non-hydrogen) atoms. The third kappa shape index (κ3) is 2.72. The number of carbonyl (C=O) groups is 2. The van der Waals surface area contributed by atoms with Gasteiger partial charge in [-0.3, -0.25) is 9.59 Å². The molecular formula is C20H26N2O2. The predicted octanol–water partition coefficient (Wildman–Crippen LogP) is 3.54. The van der Waals surface area contributed by atoms with Crippen LogP contribution in [0.25, 0.3) is 0 Å². The standard InChI is InChI=1S/C20H26N2O2/c1-12(23)21-18-5-3-15(4-6-18)20(24)22(2)19-16-8-13-7-14(10-16)11-17(19)9-13/h3-6,13-14,16-17,19H,7-11H2,1-2H3,(H,21,23). The van der Waals surface area contributed by atoms with Crippen molar-refractivity contribution in [3.05, 3.63) is 29.8 Å². The van der Waals surface area contributed by atoms with Crippen molar-refractivity contribution in [2.75, 3.05) is 12.4 Å². The van der Waals surface area contributed by atoms with Gasteiger partial charge in [0.2, 0.25) is 5.91 Å². The Balaban J connectivity index is 1.49. The van der Waals surface area contributed by atoms with Crippen LogP contribution in [0.5, 0.6) is 0 Å². The normalized spacial score (nSPS) is 33.3. The first-order chi connectivity index (χ1) is 11.5. The summed E-state index contributed by atoms with van der Waals surface area (Å²) in [5.74, 6) is 3.26. The predicted molar refractivity (Wildman–Crippen MR) is 93.7 cm³/mol. The molecule has 1 aromatic carbocycles. The largest absolute Gasteiger partial charge is 0.338 e. The minimum Gasteiger partial charge on any atom is -0.338 e. The number of hydrogen-bond donors (Lipinski definition) is 1. The summed E-state index contributed by atoms with van der Waals surface area (Å²) in [4.78, 5) is 26.1. The van der Waals surface area contributed by atoms with E-state index in [9.17, 15) is 9.59 Å². The lowest BCUT2D eigenvalue weighted by atomic mass is 9.54. The molecule has 128 valence electrons. The number of anilines is 1. The minimum absolute atomic E-state index is 0.0974. The van der Waals surface area contributed by atoms with Gasteiger partial charge in [-0.05, 0) is 80.0 Å². The van der Waals surface area contributed by atoms with Crippen molar-refractivity contribution >= 4 is 17.5 Å². The second-order valence-electron chi connectivity index (χ2n) is 8.10. The van der Waals surface area contributed by atoms with E-state index >= 15 is 0 Å². The summed E-state index contributed by atoms with van der Waals surface area (Å²) < 4.78 is 0. The smallest absolute Gasteiger partial charge is 0.253 e. The molecule has 4 aliphatic rings. The molecule has 0 aliphatic heterocycles. The number of amides is 2. The summed E-state index contributed by atoms with van der Waals surface area (Å²) in [6.07, 6.45) is 6.70. The molecule has 0 unspecified atom stereocenters. The van der Waals surface area contributed by atoms with E-state index in [1.807, 2.05) is 24.1 Å². The molecule has 0 heterocycles. The van der Waals surface area contributed by atoms with E-state index in [2.05, 4.69) is 5.32 Å². The van der Waals surface area contributed by atoms with Crippen LogP contribution in [-0.2, 0) is 4.79 Å². The quantitative estimate of drug-likeness (QED) is 0.923. The Hall–Kier alpha value is -1.84. The maximum absolute atomic E-state index is 12.9. The van der Waals surface area contributed by atoms with Crippen molar-refractivity contribution in [1.29, 1.82) is 0 Å². The fourth-order valence-electron chi connectivity index (χ4n) is 5.77. The SMILES string of the molecule is CC(=O)Nc1ccc(C(=O)N(C)C2C3CC4CC(C3)CC2C4)cc1. The molecule has 0 radical (unpaired) electrons. The van der Waals surface area contributed by atoms with E-state index in [-0.39, 0.29) is 11.8 Å². The van der Waals surface area contributed by atoms with Crippen LogP contribution in [0.15, 0.2) is 24.3 Å². The van der Waals surface area contributed by atoms with Crippen molar-refractivity contribution in [2.24, 2.45) is 23.7 Å². The Morgan fingerprint density at radius 1 is 0.958 bits per heavy atom. The number of hydrogen-bond acceptors (Lipinski definition) is 2. The monoisotopic (exact) mass is 326 g/mol. The summed E-state index contributed by atoms with van der Waals surface area (Å²) in [7, 11) is 1.98. The molecule has 5 rings (SSSR count). The van der Waals surface area contributed by atoms with Gasteiger partial charge in [0.25, 0.3) is 5.91 Å². The third-order valence-corrected chi connectivity index (χ3v) is 6.40. The average molecular weight is 326 g/mol. The van der Waals surface area contributed by atoms with E-state index in [0.717, 1.165) is 17.5 Å². The first-order valence-electron chi connectivity index (χ1n) is 9.16. The van der Waals surface area contributed by atoms with E-state index < -0.39 is 0 Å². The summed E-state index contributed by atoms with van der Waals surface area (Å²) in [6.45, 7) is 1.49. The Labute approximate surface area is 143 Å². The zero-order chi connectivity index (χ0) is 16.8. The van der Waals surface area contributed by atoms with Crippen LogP contribution in [0, 0.1) is 23.7 Å². The van der Waals surface area contributed by atoms with Crippen LogP contribution in [0.4, 0.5) is 5.69 Å². The second-order valence-corrected chi connectivity index (χ2v) is 8.10. The van der Waals surface area contributed by atoms with Crippen LogP contribution in [0.3, 0.4) is 0 Å². The van der Waals surface area contributed by atoms with E-state index in [0.29, 0.717) is 23.4 Å². The first-order valence-corrected chi connectivity index (χ1v) is 9.16. The Morgan fingerprint density at radius 3 is 2.00 bits per heavy atom. The van der Waals surface area contributed by atoms with Gasteiger partial charge in [-0.15, -0.1) is 0 Å². The van der Waals surface area contributed by atoms with Gasteiger partial charge < -0.3 is 10.2 Å². The molecule has 4 bridgehead atoms. The van der Waals surface area contributed by atoms with Gasteiger partial charge in [0.05, 0.1) is 0 Å². The fraction of sp³-hybridized carbons (Fsp3) is 0.600. The molecule has 4 saturated carbocycles. The lowest BCUT2D eigenvalue weighted by molar-refractivity contribution is -0.114. The highest BCUT2D eigenvalue weighted by Gasteiger charge is 2.50. The average Bonchev–Trinajstić information content (AvgIpc) is 2.53. The fourth-order valence-corrected chi connectivity index (χ4v) is 5.77. The molecule has 0 atom stereocenters. The van der Waals surface area contributed by atoms with Crippen LogP contribution in [0.2, 0.25) is 0 Å². The van der Waals surface area contributed by atoms with Gasteiger partial charge in [-0.2, -0.15) is 0 Å². The molecule has 0 aromatic heterocycles. The van der Waals surface area contributed by atoms with Crippen molar-refractivity contribution in [2.45, 2.75) is 45.1 Å². The van der Waals surface area contributed by atoms with Gasteiger partial charge in [-0.1, -0.05) is 0 Å². The highest BCUT2D eigenvalue weighted by atomic mass is 16.2. The minimum atomic E-state index is -0.0974. The van der Waals surface area contributed by atoms with Gasteiger partial charge in [0.15, 0.2) is 0 Å². The van der Waals surface area contributed by atoms with Gasteiger partial charge >= 0.3 is 0 Å².